The molecule has 2 rings (SSSR count). The van der Waals surface area contributed by atoms with Crippen LogP contribution in [0.4, 0.5) is 10.8 Å². The Hall–Kier alpha value is -0.420. The van der Waals surface area contributed by atoms with Crippen LogP contribution in [-0.2, 0) is 0 Å². The third-order valence-electron chi connectivity index (χ3n) is 2.90. The van der Waals surface area contributed by atoms with E-state index in [1.54, 1.807) is 11.8 Å². The molecule has 5 heteroatoms. The molecule has 2 N–H and O–H groups in total. The van der Waals surface area contributed by atoms with Crippen LogP contribution in [0.1, 0.15) is 26.7 Å². The number of hydrogen-bond donors (Lipinski definition) is 1. The zero-order valence-corrected chi connectivity index (χ0v) is 11.7. The van der Waals surface area contributed by atoms with Crippen molar-refractivity contribution < 1.29 is 0 Å². The van der Waals surface area contributed by atoms with Crippen molar-refractivity contribution in [3.8, 4) is 0 Å². The number of aromatic nitrogens is 1. The normalized spacial score (nSPS) is 15.8. The van der Waals surface area contributed by atoms with Gasteiger partial charge in [0.2, 0.25) is 0 Å². The molecular weight excluding hydrogens is 238 g/mol. The standard InChI is InChI=1S/C11H19N3S2/c1-7(2)14(6-8-4-5-8)11-9(15-3)10(12)13-16-11/h7-8H,4-6H2,1-3H3,(H2,12,13). The molecule has 0 saturated heterocycles. The van der Waals surface area contributed by atoms with E-state index in [4.69, 9.17) is 5.73 Å². The minimum atomic E-state index is 0.520. The van der Waals surface area contributed by atoms with Crippen molar-refractivity contribution in [2.24, 2.45) is 5.92 Å². The Kier molecular flexibility index (Phi) is 3.64. The van der Waals surface area contributed by atoms with Crippen molar-refractivity contribution in [3.05, 3.63) is 0 Å². The van der Waals surface area contributed by atoms with Gasteiger partial charge in [-0.1, -0.05) is 0 Å². The van der Waals surface area contributed by atoms with Crippen LogP contribution >= 0.6 is 23.3 Å². The van der Waals surface area contributed by atoms with Gasteiger partial charge in [0.1, 0.15) is 5.00 Å². The first-order chi connectivity index (χ1) is 7.63. The van der Waals surface area contributed by atoms with Gasteiger partial charge in [-0.3, -0.25) is 0 Å². The van der Waals surface area contributed by atoms with E-state index < -0.39 is 0 Å². The first-order valence-corrected chi connectivity index (χ1v) is 7.69. The van der Waals surface area contributed by atoms with E-state index in [9.17, 15) is 0 Å². The summed E-state index contributed by atoms with van der Waals surface area (Å²) in [4.78, 5) is 3.61. The second kappa shape index (κ2) is 4.84. The zero-order chi connectivity index (χ0) is 11.7. The average molecular weight is 257 g/mol. The molecule has 0 radical (unpaired) electrons. The van der Waals surface area contributed by atoms with Crippen molar-refractivity contribution in [1.82, 2.24) is 4.37 Å². The maximum absolute atomic E-state index is 5.89. The molecule has 1 saturated carbocycles. The number of anilines is 2. The molecule has 1 aliphatic rings. The summed E-state index contributed by atoms with van der Waals surface area (Å²) in [7, 11) is 0. The highest BCUT2D eigenvalue weighted by Gasteiger charge is 2.28. The van der Waals surface area contributed by atoms with Gasteiger partial charge in [0.25, 0.3) is 0 Å². The van der Waals surface area contributed by atoms with Crippen LogP contribution < -0.4 is 10.6 Å². The fraction of sp³-hybridized carbons (Fsp3) is 0.727. The lowest BCUT2D eigenvalue weighted by Gasteiger charge is -2.27. The van der Waals surface area contributed by atoms with Crippen molar-refractivity contribution >= 4 is 34.1 Å². The lowest BCUT2D eigenvalue weighted by Crippen LogP contribution is -2.32. The molecule has 1 heterocycles. The van der Waals surface area contributed by atoms with Crippen molar-refractivity contribution in [2.75, 3.05) is 23.4 Å². The van der Waals surface area contributed by atoms with E-state index in [0.717, 1.165) is 17.4 Å². The van der Waals surface area contributed by atoms with Gasteiger partial charge in [0.05, 0.1) is 4.90 Å². The number of nitrogen functional groups attached to an aromatic ring is 1. The third-order valence-corrected chi connectivity index (χ3v) is 4.74. The van der Waals surface area contributed by atoms with Crippen LogP contribution in [-0.4, -0.2) is 23.2 Å². The summed E-state index contributed by atoms with van der Waals surface area (Å²) in [5.74, 6) is 1.58. The molecule has 1 aromatic heterocycles. The summed E-state index contributed by atoms with van der Waals surface area (Å²) < 4.78 is 4.28. The zero-order valence-electron chi connectivity index (χ0n) is 10.1. The fourth-order valence-corrected chi connectivity index (χ4v) is 3.59. The molecule has 0 aromatic carbocycles. The summed E-state index contributed by atoms with van der Waals surface area (Å²) in [6, 6.07) is 0.520. The van der Waals surface area contributed by atoms with Crippen LogP contribution in [0.25, 0.3) is 0 Å². The minimum absolute atomic E-state index is 0.520. The molecule has 1 fully saturated rings. The summed E-state index contributed by atoms with van der Waals surface area (Å²) in [5.41, 5.74) is 5.89. The van der Waals surface area contributed by atoms with Gasteiger partial charge in [-0.2, -0.15) is 4.37 Å². The molecule has 0 amide bonds. The number of thioether (sulfide) groups is 1. The lowest BCUT2D eigenvalue weighted by atomic mass is 10.3. The van der Waals surface area contributed by atoms with Gasteiger partial charge < -0.3 is 10.6 Å². The highest BCUT2D eigenvalue weighted by molar-refractivity contribution is 7.99. The second-order valence-electron chi connectivity index (χ2n) is 4.60. The SMILES string of the molecule is CSc1c(N)nsc1N(CC1CC1)C(C)C. The summed E-state index contributed by atoms with van der Waals surface area (Å²) in [5, 5.41) is 1.26. The first-order valence-electron chi connectivity index (χ1n) is 5.69. The molecule has 0 atom stereocenters. The van der Waals surface area contributed by atoms with Gasteiger partial charge in [-0.05, 0) is 50.4 Å². The monoisotopic (exact) mass is 257 g/mol. The summed E-state index contributed by atoms with van der Waals surface area (Å²) >= 11 is 3.24. The minimum Gasteiger partial charge on any atom is -0.382 e. The Bertz CT molecular complexity index is 358. The van der Waals surface area contributed by atoms with Crippen LogP contribution in [0.2, 0.25) is 0 Å². The molecule has 0 spiro atoms. The van der Waals surface area contributed by atoms with Gasteiger partial charge >= 0.3 is 0 Å². The molecule has 1 aliphatic carbocycles. The van der Waals surface area contributed by atoms with Gasteiger partial charge in [0.15, 0.2) is 5.82 Å². The Morgan fingerprint density at radius 3 is 2.75 bits per heavy atom. The van der Waals surface area contributed by atoms with Crippen molar-refractivity contribution in [1.29, 1.82) is 0 Å². The summed E-state index contributed by atoms with van der Waals surface area (Å²) in [6.45, 7) is 5.64. The molecule has 90 valence electrons. The fourth-order valence-electron chi connectivity index (χ4n) is 1.77. The van der Waals surface area contributed by atoms with Crippen molar-refractivity contribution in [3.63, 3.8) is 0 Å². The van der Waals surface area contributed by atoms with Gasteiger partial charge in [-0.25, -0.2) is 0 Å². The molecule has 1 aromatic rings. The quantitative estimate of drug-likeness (QED) is 0.823. The number of nitrogens with two attached hydrogens (primary N) is 1. The Morgan fingerprint density at radius 2 is 2.25 bits per heavy atom. The van der Waals surface area contributed by atoms with E-state index in [1.807, 2.05) is 0 Å². The molecule has 3 nitrogen and oxygen atoms in total. The average Bonchev–Trinajstić information content (AvgIpc) is 2.98. The Morgan fingerprint density at radius 1 is 1.56 bits per heavy atom. The Labute approximate surface area is 106 Å². The van der Waals surface area contributed by atoms with E-state index in [1.165, 1.54) is 29.4 Å². The molecular formula is C11H19N3S2. The van der Waals surface area contributed by atoms with E-state index in [0.29, 0.717) is 11.9 Å². The van der Waals surface area contributed by atoms with Gasteiger partial charge in [0, 0.05) is 12.6 Å². The smallest absolute Gasteiger partial charge is 0.153 e. The third kappa shape index (κ3) is 2.46. The van der Waals surface area contributed by atoms with Crippen LogP contribution in [0.3, 0.4) is 0 Å². The van der Waals surface area contributed by atoms with Gasteiger partial charge in [-0.15, -0.1) is 11.8 Å². The molecule has 0 bridgehead atoms. The Balaban J connectivity index is 2.22. The summed E-state index contributed by atoms with van der Waals surface area (Å²) in [6.07, 6.45) is 4.83. The van der Waals surface area contributed by atoms with Crippen LogP contribution in [0.5, 0.6) is 0 Å². The topological polar surface area (TPSA) is 42.1 Å². The maximum Gasteiger partial charge on any atom is 0.153 e. The lowest BCUT2D eigenvalue weighted by molar-refractivity contribution is 0.646. The molecule has 0 aliphatic heterocycles. The largest absolute Gasteiger partial charge is 0.382 e. The molecule has 16 heavy (non-hydrogen) atoms. The predicted molar refractivity (Wildman–Crippen MR) is 73.5 cm³/mol. The number of nitrogens with zero attached hydrogens (tertiary/aromatic N) is 2. The van der Waals surface area contributed by atoms with Crippen molar-refractivity contribution in [2.45, 2.75) is 37.6 Å². The number of hydrogen-bond acceptors (Lipinski definition) is 5. The van der Waals surface area contributed by atoms with E-state index >= 15 is 0 Å². The van der Waals surface area contributed by atoms with E-state index in [-0.39, 0.29) is 0 Å². The highest BCUT2D eigenvalue weighted by atomic mass is 32.2. The van der Waals surface area contributed by atoms with E-state index in [2.05, 4.69) is 29.4 Å². The predicted octanol–water partition coefficient (Wildman–Crippen LogP) is 3.07. The highest BCUT2D eigenvalue weighted by Crippen LogP contribution is 2.40. The van der Waals surface area contributed by atoms with Crippen LogP contribution in [0, 0.1) is 5.92 Å². The molecule has 0 unspecified atom stereocenters. The first kappa shape index (κ1) is 12.0. The number of rotatable bonds is 5. The second-order valence-corrected chi connectivity index (χ2v) is 6.16. The maximum atomic E-state index is 5.89. The van der Waals surface area contributed by atoms with Crippen LogP contribution in [0.15, 0.2) is 4.90 Å².